The first kappa shape index (κ1) is 40.0. The summed E-state index contributed by atoms with van der Waals surface area (Å²) in [5, 5.41) is 22.6. The van der Waals surface area contributed by atoms with Gasteiger partial charge >= 0.3 is 6.09 Å². The maximum absolute atomic E-state index is 13.8. The minimum absolute atomic E-state index is 0.0125. The summed E-state index contributed by atoms with van der Waals surface area (Å²) in [5.41, 5.74) is 0.819. The Labute approximate surface area is 330 Å². The van der Waals surface area contributed by atoms with Crippen LogP contribution in [-0.2, 0) is 19.1 Å². The molecule has 7 rings (SSSR count). The number of H-pyrrole nitrogens is 1. The summed E-state index contributed by atoms with van der Waals surface area (Å²) >= 11 is 3.40. The van der Waals surface area contributed by atoms with Gasteiger partial charge in [-0.25, -0.2) is 14.8 Å². The minimum atomic E-state index is -1.23. The van der Waals surface area contributed by atoms with E-state index in [-0.39, 0.29) is 64.9 Å². The van der Waals surface area contributed by atoms with Crippen LogP contribution in [0.2, 0.25) is 0 Å². The number of aliphatic imine (C=N–C) groups is 1. The number of ether oxygens (including phenoxy) is 2. The number of imidazole rings is 1. The third-order valence-corrected chi connectivity index (χ3v) is 14.1. The van der Waals surface area contributed by atoms with E-state index in [2.05, 4.69) is 45.0 Å². The van der Waals surface area contributed by atoms with Crippen molar-refractivity contribution in [2.45, 2.75) is 108 Å². The number of likely N-dealkylation sites (N-methyl/N-ethyl adjacent to an activating group) is 1. The number of aromatic nitrogens is 3. The molecule has 2 aromatic rings. The highest BCUT2D eigenvalue weighted by Gasteiger charge is 2.47. The van der Waals surface area contributed by atoms with Crippen LogP contribution in [0, 0.1) is 23.7 Å². The molecular formula is C38H55N9O6S2. The summed E-state index contributed by atoms with van der Waals surface area (Å²) in [6.45, 7) is 9.23. The quantitative estimate of drug-likeness (QED) is 0.186. The number of carbonyl (C=O) groups excluding carboxylic acids is 3. The van der Waals surface area contributed by atoms with E-state index in [9.17, 15) is 19.5 Å². The van der Waals surface area contributed by atoms with Crippen molar-refractivity contribution in [2.24, 2.45) is 28.7 Å². The fraction of sp³-hybridized carbons (Fsp3) is 0.684. The molecule has 5 heterocycles. The van der Waals surface area contributed by atoms with Gasteiger partial charge in [0.25, 0.3) is 0 Å². The Kier molecular flexibility index (Phi) is 12.2. The SMILES string of the molecule is COC(=O)NC(C(=O)C1CCCC1C1NC(C2=NC3C=c4sc(-c5cnc(C6CCCN6C(=O)C(NC(O)OC)C(C)C)[nH]5)nc4=CC3S2)CN1C)C(C)C. The second-order valence-electron chi connectivity index (χ2n) is 16.1. The number of thiazole rings is 1. The van der Waals surface area contributed by atoms with Gasteiger partial charge in [-0.3, -0.25) is 30.1 Å². The van der Waals surface area contributed by atoms with E-state index < -0.39 is 24.6 Å². The van der Waals surface area contributed by atoms with Crippen LogP contribution in [0.1, 0.15) is 71.7 Å². The smallest absolute Gasteiger partial charge is 0.407 e. The highest BCUT2D eigenvalue weighted by molar-refractivity contribution is 8.15. The number of nitrogens with zero attached hydrogens (tertiary/aromatic N) is 5. The van der Waals surface area contributed by atoms with E-state index in [0.717, 1.165) is 70.1 Å². The Morgan fingerprint density at radius 3 is 2.56 bits per heavy atom. The molecule has 0 spiro atoms. The van der Waals surface area contributed by atoms with Gasteiger partial charge in [0.2, 0.25) is 12.3 Å². The average molecular weight is 798 g/mol. The largest absolute Gasteiger partial charge is 0.453 e. The zero-order chi connectivity index (χ0) is 39.1. The Morgan fingerprint density at radius 2 is 1.84 bits per heavy atom. The fourth-order valence-corrected chi connectivity index (χ4v) is 11.1. The molecule has 5 N–H and O–H groups in total. The number of hydrogen-bond acceptors (Lipinski definition) is 14. The van der Waals surface area contributed by atoms with Crippen LogP contribution in [0.15, 0.2) is 11.2 Å². The lowest BCUT2D eigenvalue weighted by Crippen LogP contribution is -2.52. The van der Waals surface area contributed by atoms with Crippen LogP contribution >= 0.6 is 23.1 Å². The second-order valence-corrected chi connectivity index (χ2v) is 18.3. The van der Waals surface area contributed by atoms with Crippen molar-refractivity contribution in [3.63, 3.8) is 0 Å². The number of methoxy groups -OCH3 is 2. The molecule has 10 unspecified atom stereocenters. The first-order valence-electron chi connectivity index (χ1n) is 19.5. The van der Waals surface area contributed by atoms with Crippen molar-refractivity contribution in [1.82, 2.24) is 40.7 Å². The number of aliphatic hydroxyl groups excluding tert-OH is 1. The van der Waals surface area contributed by atoms with Crippen molar-refractivity contribution in [1.29, 1.82) is 0 Å². The molecule has 2 aliphatic carbocycles. The number of rotatable bonds is 13. The number of aliphatic hydroxyl groups is 1. The van der Waals surface area contributed by atoms with E-state index in [1.165, 1.54) is 14.2 Å². The standard InChI is InChI=1S/C38H55N9O6S2/c1-18(2)29(44-37(50)52-6)31(48)20-10-8-11-21(20)33-41-25(17-46(33)5)35-43-23-15-27-22(14-28(23)55-35)42-34(54-27)24-16-39-32(40-24)26-12-9-13-47(26)36(49)30(19(3)4)45-38(51)53-7/h14-16,18-21,23,25-26,28-30,33,38,41,45,51H,8-13,17H2,1-7H3,(H,39,40)(H,44,50). The number of likely N-dealkylation sites (tertiary alicyclic amines) is 1. The topological polar surface area (TPSA) is 186 Å². The van der Waals surface area contributed by atoms with Gasteiger partial charge in [0, 0.05) is 26.1 Å². The molecule has 0 radical (unpaired) electrons. The summed E-state index contributed by atoms with van der Waals surface area (Å²) < 4.78 is 10.9. The van der Waals surface area contributed by atoms with E-state index in [0.29, 0.717) is 6.54 Å². The van der Waals surface area contributed by atoms with Crippen LogP contribution in [0.25, 0.3) is 22.9 Å². The number of aromatic amines is 1. The predicted octanol–water partition coefficient (Wildman–Crippen LogP) is 1.79. The lowest BCUT2D eigenvalue weighted by Gasteiger charge is -2.32. The van der Waals surface area contributed by atoms with Gasteiger partial charge in [0.15, 0.2) is 5.78 Å². The fourth-order valence-electron chi connectivity index (χ4n) is 8.87. The van der Waals surface area contributed by atoms with E-state index in [1.54, 1.807) is 29.3 Å². The third-order valence-electron chi connectivity index (χ3n) is 11.7. The number of hydrogen-bond donors (Lipinski definition) is 5. The highest BCUT2D eigenvalue weighted by atomic mass is 32.2. The Hall–Kier alpha value is -3.19. The molecule has 55 heavy (non-hydrogen) atoms. The van der Waals surface area contributed by atoms with Gasteiger partial charge in [0.05, 0.1) is 75.6 Å². The monoisotopic (exact) mass is 797 g/mol. The number of carbonyl (C=O) groups is 3. The number of thioether (sulfide) groups is 1. The highest BCUT2D eigenvalue weighted by Crippen LogP contribution is 2.40. The number of amides is 2. The Balaban J connectivity index is 1.02. The molecule has 2 saturated heterocycles. The number of ketones is 1. The molecule has 1 saturated carbocycles. The van der Waals surface area contributed by atoms with Crippen molar-refractivity contribution < 1.29 is 29.0 Å². The van der Waals surface area contributed by atoms with Crippen LogP contribution < -0.4 is 25.8 Å². The van der Waals surface area contributed by atoms with Gasteiger partial charge in [0.1, 0.15) is 10.8 Å². The minimum Gasteiger partial charge on any atom is -0.453 e. The number of Topliss-reactive ketones (excluding diaryl/α,β-unsaturated/α-hetero) is 1. The first-order chi connectivity index (χ1) is 26.4. The van der Waals surface area contributed by atoms with Crippen molar-refractivity contribution >= 4 is 58.1 Å². The molecule has 17 heteroatoms. The summed E-state index contributed by atoms with van der Waals surface area (Å²) in [6.07, 6.45) is 8.94. The Bertz CT molecular complexity index is 1900. The molecule has 300 valence electrons. The molecule has 5 aliphatic rings. The van der Waals surface area contributed by atoms with Gasteiger partial charge < -0.3 is 29.8 Å². The normalized spacial score (nSPS) is 29.4. The van der Waals surface area contributed by atoms with Crippen molar-refractivity contribution in [3.05, 3.63) is 21.9 Å². The first-order valence-corrected chi connectivity index (χ1v) is 21.2. The maximum Gasteiger partial charge on any atom is 0.407 e. The molecule has 15 nitrogen and oxygen atoms in total. The number of nitrogens with one attached hydrogen (secondary N) is 4. The van der Waals surface area contributed by atoms with E-state index in [4.69, 9.17) is 24.4 Å². The van der Waals surface area contributed by atoms with Gasteiger partial charge in [-0.15, -0.1) is 11.3 Å². The number of alkyl carbamates (subject to hydrolysis) is 1. The van der Waals surface area contributed by atoms with Crippen LogP contribution in [-0.4, -0.2) is 129 Å². The molecule has 2 amide bonds. The third kappa shape index (κ3) is 8.16. The zero-order valence-corrected chi connectivity index (χ0v) is 34.3. The molecule has 10 atom stereocenters. The number of fused-ring (bicyclic) bond motifs is 2. The molecular weight excluding hydrogens is 743 g/mol. The average Bonchev–Trinajstić information content (AvgIpc) is 4.01. The van der Waals surface area contributed by atoms with E-state index in [1.807, 2.05) is 32.6 Å². The van der Waals surface area contributed by atoms with E-state index >= 15 is 0 Å². The maximum atomic E-state index is 13.8. The predicted molar refractivity (Wildman–Crippen MR) is 212 cm³/mol. The van der Waals surface area contributed by atoms with Gasteiger partial charge in [-0.2, -0.15) is 0 Å². The lowest BCUT2D eigenvalue weighted by atomic mass is 9.83. The summed E-state index contributed by atoms with van der Waals surface area (Å²) in [5.74, 6) is 0.674. The zero-order valence-electron chi connectivity index (χ0n) is 32.7. The molecule has 0 aromatic carbocycles. The van der Waals surface area contributed by atoms with Crippen molar-refractivity contribution in [2.75, 3.05) is 34.4 Å². The lowest BCUT2D eigenvalue weighted by molar-refractivity contribution is -0.145. The second kappa shape index (κ2) is 16.7. The van der Waals surface area contributed by atoms with Crippen molar-refractivity contribution in [3.8, 4) is 10.7 Å². The summed E-state index contributed by atoms with van der Waals surface area (Å²) in [6, 6.07) is -1.28. The molecule has 3 fully saturated rings. The molecule has 3 aliphatic heterocycles. The summed E-state index contributed by atoms with van der Waals surface area (Å²) in [4.78, 5) is 62.1. The van der Waals surface area contributed by atoms with Crippen LogP contribution in [0.3, 0.4) is 0 Å². The Morgan fingerprint density at radius 1 is 1.05 bits per heavy atom. The van der Waals surface area contributed by atoms with Crippen LogP contribution in [0.4, 0.5) is 4.79 Å². The van der Waals surface area contributed by atoms with Gasteiger partial charge in [-0.05, 0) is 62.6 Å². The molecule has 0 bridgehead atoms. The molecule has 2 aromatic heterocycles. The summed E-state index contributed by atoms with van der Waals surface area (Å²) in [7, 11) is 4.83. The van der Waals surface area contributed by atoms with Gasteiger partial charge in [-0.1, -0.05) is 45.9 Å². The van der Waals surface area contributed by atoms with Crippen LogP contribution in [0.5, 0.6) is 0 Å².